The molecule has 0 spiro atoms. The average molecular weight is 368 g/mol. The smallest absolute Gasteiger partial charge is 0.257 e. The lowest BCUT2D eigenvalue weighted by atomic mass is 10.0. The van der Waals surface area contributed by atoms with Gasteiger partial charge in [0.25, 0.3) is 11.8 Å². The van der Waals surface area contributed by atoms with Crippen molar-refractivity contribution in [3.05, 3.63) is 59.7 Å². The molecule has 2 aromatic carbocycles. The molecule has 1 aliphatic rings. The largest absolute Gasteiger partial charge is 0.497 e. The third-order valence-electron chi connectivity index (χ3n) is 4.81. The number of hydrogen-bond acceptors (Lipinski definition) is 4. The number of benzene rings is 2. The maximum Gasteiger partial charge on any atom is 0.257 e. The normalized spacial score (nSPS) is 14.5. The standard InChI is InChI=1S/C21H24N2O4/c1-26-17-9-7-15(8-10-17)20(24)22-16-11-13-23(14-12-16)21(25)18-5-3-4-6-19(18)27-2/h3-10,16H,11-14H2,1-2H3,(H,22,24). The van der Waals surface area contributed by atoms with Gasteiger partial charge < -0.3 is 19.7 Å². The molecule has 142 valence electrons. The van der Waals surface area contributed by atoms with E-state index in [1.807, 2.05) is 17.0 Å². The quantitative estimate of drug-likeness (QED) is 0.881. The van der Waals surface area contributed by atoms with Crippen molar-refractivity contribution in [2.75, 3.05) is 27.3 Å². The van der Waals surface area contributed by atoms with Crippen LogP contribution in [0.4, 0.5) is 0 Å². The van der Waals surface area contributed by atoms with Crippen molar-refractivity contribution < 1.29 is 19.1 Å². The summed E-state index contributed by atoms with van der Waals surface area (Å²) in [5.41, 5.74) is 1.17. The van der Waals surface area contributed by atoms with Crippen molar-refractivity contribution in [1.82, 2.24) is 10.2 Å². The van der Waals surface area contributed by atoms with Crippen LogP contribution in [0.3, 0.4) is 0 Å². The van der Waals surface area contributed by atoms with Gasteiger partial charge in [-0.3, -0.25) is 9.59 Å². The highest BCUT2D eigenvalue weighted by Gasteiger charge is 2.26. The van der Waals surface area contributed by atoms with E-state index >= 15 is 0 Å². The number of nitrogens with zero attached hydrogens (tertiary/aromatic N) is 1. The molecule has 6 heteroatoms. The SMILES string of the molecule is COc1ccc(C(=O)NC2CCN(C(=O)c3ccccc3OC)CC2)cc1. The summed E-state index contributed by atoms with van der Waals surface area (Å²) in [6.07, 6.45) is 1.45. The summed E-state index contributed by atoms with van der Waals surface area (Å²) in [5, 5.41) is 3.05. The maximum atomic E-state index is 12.7. The first-order valence-electron chi connectivity index (χ1n) is 8.99. The van der Waals surface area contributed by atoms with Crippen LogP contribution in [0.2, 0.25) is 0 Å². The number of likely N-dealkylation sites (tertiary alicyclic amines) is 1. The van der Waals surface area contributed by atoms with Crippen molar-refractivity contribution >= 4 is 11.8 Å². The molecule has 0 saturated carbocycles. The van der Waals surface area contributed by atoms with E-state index in [1.165, 1.54) is 0 Å². The molecule has 1 heterocycles. The van der Waals surface area contributed by atoms with E-state index in [1.54, 1.807) is 50.6 Å². The Morgan fingerprint density at radius 3 is 2.26 bits per heavy atom. The Bertz CT molecular complexity index is 796. The molecule has 3 rings (SSSR count). The van der Waals surface area contributed by atoms with Gasteiger partial charge in [-0.2, -0.15) is 0 Å². The van der Waals surface area contributed by atoms with Crippen LogP contribution >= 0.6 is 0 Å². The van der Waals surface area contributed by atoms with Crippen molar-refractivity contribution in [3.8, 4) is 11.5 Å². The van der Waals surface area contributed by atoms with Gasteiger partial charge in [0.05, 0.1) is 19.8 Å². The molecule has 1 N–H and O–H groups in total. The van der Waals surface area contributed by atoms with Gasteiger partial charge in [-0.1, -0.05) is 12.1 Å². The van der Waals surface area contributed by atoms with Gasteiger partial charge in [-0.05, 0) is 49.2 Å². The van der Waals surface area contributed by atoms with Crippen molar-refractivity contribution in [3.63, 3.8) is 0 Å². The van der Waals surface area contributed by atoms with Crippen LogP contribution in [0, 0.1) is 0 Å². The molecule has 1 fully saturated rings. The summed E-state index contributed by atoms with van der Waals surface area (Å²) in [4.78, 5) is 26.9. The number of rotatable bonds is 5. The zero-order valence-electron chi connectivity index (χ0n) is 15.6. The molecular formula is C21H24N2O4. The number of hydrogen-bond donors (Lipinski definition) is 1. The minimum atomic E-state index is -0.104. The minimum absolute atomic E-state index is 0.0348. The highest BCUT2D eigenvalue weighted by Crippen LogP contribution is 2.22. The van der Waals surface area contributed by atoms with Crippen molar-refractivity contribution in [2.24, 2.45) is 0 Å². The Morgan fingerprint density at radius 1 is 0.963 bits per heavy atom. The molecule has 2 amide bonds. The molecule has 1 aliphatic heterocycles. The number of ether oxygens (including phenoxy) is 2. The highest BCUT2D eigenvalue weighted by atomic mass is 16.5. The van der Waals surface area contributed by atoms with Crippen LogP contribution in [0.5, 0.6) is 11.5 Å². The Labute approximate surface area is 159 Å². The van der Waals surface area contributed by atoms with E-state index in [2.05, 4.69) is 5.32 Å². The number of nitrogens with one attached hydrogen (secondary N) is 1. The number of piperidine rings is 1. The van der Waals surface area contributed by atoms with Gasteiger partial charge in [-0.25, -0.2) is 0 Å². The fourth-order valence-electron chi connectivity index (χ4n) is 3.23. The first-order valence-corrected chi connectivity index (χ1v) is 8.99. The number of methoxy groups -OCH3 is 2. The Morgan fingerprint density at radius 2 is 1.63 bits per heavy atom. The first-order chi connectivity index (χ1) is 13.1. The molecule has 27 heavy (non-hydrogen) atoms. The molecule has 2 aromatic rings. The molecule has 0 unspecified atom stereocenters. The van der Waals surface area contributed by atoms with Crippen LogP contribution in [0.1, 0.15) is 33.6 Å². The van der Waals surface area contributed by atoms with Crippen LogP contribution in [-0.2, 0) is 0 Å². The third kappa shape index (κ3) is 4.39. The van der Waals surface area contributed by atoms with Gasteiger partial charge in [-0.15, -0.1) is 0 Å². The second-order valence-electron chi connectivity index (χ2n) is 6.47. The van der Waals surface area contributed by atoms with Crippen LogP contribution in [-0.4, -0.2) is 50.1 Å². The lowest BCUT2D eigenvalue weighted by Gasteiger charge is -2.32. The molecule has 0 aromatic heterocycles. The minimum Gasteiger partial charge on any atom is -0.497 e. The van der Waals surface area contributed by atoms with E-state index < -0.39 is 0 Å². The van der Waals surface area contributed by atoms with Gasteiger partial charge in [0.1, 0.15) is 11.5 Å². The molecular weight excluding hydrogens is 344 g/mol. The molecule has 1 saturated heterocycles. The third-order valence-corrected chi connectivity index (χ3v) is 4.81. The molecule has 0 radical (unpaired) electrons. The topological polar surface area (TPSA) is 67.9 Å². The van der Waals surface area contributed by atoms with Crippen LogP contribution in [0.15, 0.2) is 48.5 Å². The summed E-state index contributed by atoms with van der Waals surface area (Å²) in [7, 11) is 3.15. The fraction of sp³-hybridized carbons (Fsp3) is 0.333. The van der Waals surface area contributed by atoms with Crippen molar-refractivity contribution in [2.45, 2.75) is 18.9 Å². The summed E-state index contributed by atoms with van der Waals surface area (Å²) in [6, 6.07) is 14.3. The lowest BCUT2D eigenvalue weighted by molar-refractivity contribution is 0.0695. The predicted molar refractivity (Wildman–Crippen MR) is 102 cm³/mol. The number of carbonyl (C=O) groups excluding carboxylic acids is 2. The average Bonchev–Trinajstić information content (AvgIpc) is 2.73. The number of carbonyl (C=O) groups is 2. The Balaban J connectivity index is 1.55. The van der Waals surface area contributed by atoms with Gasteiger partial charge in [0.2, 0.25) is 0 Å². The summed E-state index contributed by atoms with van der Waals surface area (Å²) in [5.74, 6) is 1.16. The van der Waals surface area contributed by atoms with E-state index in [0.717, 1.165) is 18.6 Å². The number of para-hydroxylation sites is 1. The zero-order chi connectivity index (χ0) is 19.2. The van der Waals surface area contributed by atoms with Crippen molar-refractivity contribution in [1.29, 1.82) is 0 Å². The monoisotopic (exact) mass is 368 g/mol. The Hall–Kier alpha value is -3.02. The predicted octanol–water partition coefficient (Wildman–Crippen LogP) is 2.74. The second kappa shape index (κ2) is 8.58. The summed E-state index contributed by atoms with van der Waals surface area (Å²) < 4.78 is 10.4. The lowest BCUT2D eigenvalue weighted by Crippen LogP contribution is -2.46. The zero-order valence-corrected chi connectivity index (χ0v) is 15.6. The van der Waals surface area contributed by atoms with Crippen LogP contribution < -0.4 is 14.8 Å². The summed E-state index contributed by atoms with van der Waals surface area (Å²) in [6.45, 7) is 1.20. The number of amides is 2. The van der Waals surface area contributed by atoms with E-state index in [4.69, 9.17) is 9.47 Å². The first kappa shape index (κ1) is 18.8. The van der Waals surface area contributed by atoms with E-state index in [-0.39, 0.29) is 17.9 Å². The molecule has 0 atom stereocenters. The molecule has 6 nitrogen and oxygen atoms in total. The highest BCUT2D eigenvalue weighted by molar-refractivity contribution is 5.97. The molecule has 0 bridgehead atoms. The van der Waals surface area contributed by atoms with Crippen LogP contribution in [0.25, 0.3) is 0 Å². The van der Waals surface area contributed by atoms with Gasteiger partial charge in [0.15, 0.2) is 0 Å². The van der Waals surface area contributed by atoms with E-state index in [9.17, 15) is 9.59 Å². The van der Waals surface area contributed by atoms with Gasteiger partial charge >= 0.3 is 0 Å². The maximum absolute atomic E-state index is 12.7. The Kier molecular flexibility index (Phi) is 5.96. The molecule has 0 aliphatic carbocycles. The van der Waals surface area contributed by atoms with Gasteiger partial charge in [0, 0.05) is 24.7 Å². The van der Waals surface area contributed by atoms with E-state index in [0.29, 0.717) is 30.0 Å². The summed E-state index contributed by atoms with van der Waals surface area (Å²) >= 11 is 0. The second-order valence-corrected chi connectivity index (χ2v) is 6.47. The fourth-order valence-corrected chi connectivity index (χ4v) is 3.23.